The van der Waals surface area contributed by atoms with Gasteiger partial charge in [0.25, 0.3) is 0 Å². The van der Waals surface area contributed by atoms with Crippen LogP contribution in [0.15, 0.2) is 60.8 Å². The molecule has 1 aromatic heterocycles. The number of carbonyl (C=O) groups is 2. The number of H-pyrrole nitrogens is 1. The molecule has 1 N–H and O–H groups in total. The van der Waals surface area contributed by atoms with E-state index >= 15 is 0 Å². The van der Waals surface area contributed by atoms with Crippen LogP contribution in [0.3, 0.4) is 0 Å². The number of aromatic nitrogens is 1. The largest absolute Gasteiger partial charge is 0.361 e. The maximum Gasteiger partial charge on any atom is 0.242 e. The minimum atomic E-state index is 0.0553. The highest BCUT2D eigenvalue weighted by Gasteiger charge is 2.37. The summed E-state index contributed by atoms with van der Waals surface area (Å²) in [5.74, 6) is 0.377. The van der Waals surface area contributed by atoms with Crippen LogP contribution in [0.1, 0.15) is 56.1 Å². The molecule has 5 nitrogen and oxygen atoms in total. The van der Waals surface area contributed by atoms with E-state index in [2.05, 4.69) is 41.5 Å². The summed E-state index contributed by atoms with van der Waals surface area (Å²) in [6, 6.07) is 18.7. The van der Waals surface area contributed by atoms with Crippen LogP contribution in [0.2, 0.25) is 0 Å². The van der Waals surface area contributed by atoms with Crippen LogP contribution in [0.25, 0.3) is 10.9 Å². The van der Waals surface area contributed by atoms with Gasteiger partial charge in [0.2, 0.25) is 11.8 Å². The quantitative estimate of drug-likeness (QED) is 0.473. The maximum atomic E-state index is 13.6. The molecule has 2 fully saturated rings. The van der Waals surface area contributed by atoms with Crippen LogP contribution in [0.5, 0.6) is 0 Å². The first-order valence-electron chi connectivity index (χ1n) is 12.9. The van der Waals surface area contributed by atoms with Gasteiger partial charge in [-0.3, -0.25) is 9.59 Å². The Balaban J connectivity index is 1.31. The summed E-state index contributed by atoms with van der Waals surface area (Å²) in [7, 11) is 0. The van der Waals surface area contributed by atoms with Crippen molar-refractivity contribution in [2.45, 2.75) is 64.0 Å². The minimum absolute atomic E-state index is 0.0553. The number of hydrogen-bond donors (Lipinski definition) is 1. The number of hydrogen-bond acceptors (Lipinski definition) is 2. The van der Waals surface area contributed by atoms with E-state index in [0.717, 1.165) is 56.0 Å². The average Bonchev–Trinajstić information content (AvgIpc) is 3.65. The van der Waals surface area contributed by atoms with Crippen molar-refractivity contribution >= 4 is 22.7 Å². The van der Waals surface area contributed by atoms with E-state index in [1.54, 1.807) is 0 Å². The fourth-order valence-electron chi connectivity index (χ4n) is 5.29. The van der Waals surface area contributed by atoms with Crippen LogP contribution < -0.4 is 0 Å². The fourth-order valence-corrected chi connectivity index (χ4v) is 5.29. The Morgan fingerprint density at radius 3 is 2.38 bits per heavy atom. The van der Waals surface area contributed by atoms with E-state index in [-0.39, 0.29) is 30.3 Å². The number of nitrogens with zero attached hydrogens (tertiary/aromatic N) is 2. The van der Waals surface area contributed by atoms with Gasteiger partial charge in [0.05, 0.1) is 0 Å². The Labute approximate surface area is 202 Å². The highest BCUT2D eigenvalue weighted by Crippen LogP contribution is 2.32. The summed E-state index contributed by atoms with van der Waals surface area (Å²) >= 11 is 0. The van der Waals surface area contributed by atoms with Crippen LogP contribution in [-0.4, -0.2) is 45.7 Å². The number of carbonyl (C=O) groups excluding carboxylic acids is 2. The summed E-state index contributed by atoms with van der Waals surface area (Å²) in [5.41, 5.74) is 3.46. The monoisotopic (exact) mass is 457 g/mol. The second-order valence-corrected chi connectivity index (χ2v) is 9.94. The molecule has 2 saturated carbocycles. The number of benzene rings is 2. The Morgan fingerprint density at radius 1 is 0.882 bits per heavy atom. The van der Waals surface area contributed by atoms with Crippen LogP contribution in [-0.2, 0) is 22.6 Å². The number of nitrogens with one attached hydrogen (secondary N) is 1. The molecule has 0 bridgehead atoms. The van der Waals surface area contributed by atoms with Gasteiger partial charge in [-0.05, 0) is 49.3 Å². The molecule has 0 radical (unpaired) electrons. The van der Waals surface area contributed by atoms with Gasteiger partial charge in [0, 0.05) is 42.1 Å². The third-order valence-electron chi connectivity index (χ3n) is 7.43. The zero-order valence-electron chi connectivity index (χ0n) is 19.9. The number of rotatable bonds is 9. The van der Waals surface area contributed by atoms with Gasteiger partial charge in [0.15, 0.2) is 0 Å². The molecule has 0 unspecified atom stereocenters. The highest BCUT2D eigenvalue weighted by atomic mass is 16.2. The van der Waals surface area contributed by atoms with E-state index in [1.807, 2.05) is 34.1 Å². The van der Waals surface area contributed by atoms with E-state index in [0.29, 0.717) is 13.1 Å². The predicted octanol–water partition coefficient (Wildman–Crippen LogP) is 5.31. The van der Waals surface area contributed by atoms with Crippen LogP contribution in [0, 0.1) is 5.92 Å². The van der Waals surface area contributed by atoms with Crippen molar-refractivity contribution in [2.24, 2.45) is 5.92 Å². The fraction of sp³-hybridized carbons (Fsp3) is 0.448. The molecule has 2 amide bonds. The number of amides is 2. The minimum Gasteiger partial charge on any atom is -0.361 e. The summed E-state index contributed by atoms with van der Waals surface area (Å²) < 4.78 is 0. The van der Waals surface area contributed by atoms with Crippen LogP contribution >= 0.6 is 0 Å². The molecule has 0 atom stereocenters. The molecule has 0 saturated heterocycles. The molecule has 3 aromatic rings. The summed E-state index contributed by atoms with van der Waals surface area (Å²) in [5, 5.41) is 1.21. The first-order chi connectivity index (χ1) is 16.7. The first-order valence-corrected chi connectivity index (χ1v) is 12.9. The van der Waals surface area contributed by atoms with Gasteiger partial charge in [-0.1, -0.05) is 67.8 Å². The molecule has 0 aliphatic heterocycles. The zero-order chi connectivity index (χ0) is 23.3. The van der Waals surface area contributed by atoms with Gasteiger partial charge in [-0.2, -0.15) is 0 Å². The van der Waals surface area contributed by atoms with E-state index in [4.69, 9.17) is 0 Å². The topological polar surface area (TPSA) is 56.4 Å². The molecule has 1 heterocycles. The van der Waals surface area contributed by atoms with E-state index in [1.165, 1.54) is 17.4 Å². The van der Waals surface area contributed by atoms with Gasteiger partial charge < -0.3 is 14.8 Å². The molecule has 34 heavy (non-hydrogen) atoms. The van der Waals surface area contributed by atoms with Crippen molar-refractivity contribution in [1.29, 1.82) is 0 Å². The summed E-state index contributed by atoms with van der Waals surface area (Å²) in [6.45, 7) is 1.41. The lowest BCUT2D eigenvalue weighted by Gasteiger charge is -2.31. The number of fused-ring (bicyclic) bond motifs is 1. The summed E-state index contributed by atoms with van der Waals surface area (Å²) in [6.07, 6.45) is 10.3. The SMILES string of the molecule is O=C(CN(C(=O)C1CCCCC1)C1CC1)N(CCc1c[nH]c2ccccc12)Cc1ccccc1. The van der Waals surface area contributed by atoms with E-state index < -0.39 is 0 Å². The molecule has 2 aromatic carbocycles. The Hall–Kier alpha value is -3.08. The van der Waals surface area contributed by atoms with Crippen molar-refractivity contribution < 1.29 is 9.59 Å². The number of para-hydroxylation sites is 1. The molecule has 5 rings (SSSR count). The molecule has 2 aliphatic carbocycles. The molecular formula is C29H35N3O2. The van der Waals surface area contributed by atoms with Crippen molar-refractivity contribution in [3.05, 3.63) is 71.9 Å². The van der Waals surface area contributed by atoms with Gasteiger partial charge in [-0.15, -0.1) is 0 Å². The van der Waals surface area contributed by atoms with Crippen LogP contribution in [0.4, 0.5) is 0 Å². The van der Waals surface area contributed by atoms with Gasteiger partial charge in [0.1, 0.15) is 6.54 Å². The van der Waals surface area contributed by atoms with Gasteiger partial charge in [-0.25, -0.2) is 0 Å². The third-order valence-corrected chi connectivity index (χ3v) is 7.43. The van der Waals surface area contributed by atoms with Gasteiger partial charge >= 0.3 is 0 Å². The van der Waals surface area contributed by atoms with Crippen molar-refractivity contribution in [3.8, 4) is 0 Å². The average molecular weight is 458 g/mol. The lowest BCUT2D eigenvalue weighted by molar-refractivity contribution is -0.144. The molecule has 2 aliphatic rings. The lowest BCUT2D eigenvalue weighted by atomic mass is 9.88. The number of aromatic amines is 1. The molecule has 0 spiro atoms. The molecular weight excluding hydrogens is 422 g/mol. The Bertz CT molecular complexity index is 1110. The first kappa shape index (κ1) is 22.7. The Kier molecular flexibility index (Phi) is 6.98. The maximum absolute atomic E-state index is 13.6. The third kappa shape index (κ3) is 5.35. The standard InChI is InChI=1S/C29H35N3O2/c33-28(21-32(25-15-16-25)29(34)23-11-5-2-6-12-23)31(20-22-9-3-1-4-10-22)18-17-24-19-30-27-14-8-7-13-26(24)27/h1,3-4,7-10,13-14,19,23,25,30H,2,5-6,11-12,15-18,20-21H2. The zero-order valence-corrected chi connectivity index (χ0v) is 19.9. The normalized spacial score (nSPS) is 16.5. The second kappa shape index (κ2) is 10.5. The highest BCUT2D eigenvalue weighted by molar-refractivity contribution is 5.87. The Morgan fingerprint density at radius 2 is 1.62 bits per heavy atom. The van der Waals surface area contributed by atoms with Crippen molar-refractivity contribution in [1.82, 2.24) is 14.8 Å². The summed E-state index contributed by atoms with van der Waals surface area (Å²) in [4.78, 5) is 34.2. The second-order valence-electron chi connectivity index (χ2n) is 9.94. The molecule has 5 heteroatoms. The lowest BCUT2D eigenvalue weighted by Crippen LogP contribution is -2.46. The molecule has 178 valence electrons. The predicted molar refractivity (Wildman–Crippen MR) is 135 cm³/mol. The van der Waals surface area contributed by atoms with E-state index in [9.17, 15) is 9.59 Å². The van der Waals surface area contributed by atoms with Crippen molar-refractivity contribution in [2.75, 3.05) is 13.1 Å². The van der Waals surface area contributed by atoms with Crippen molar-refractivity contribution in [3.63, 3.8) is 0 Å². The smallest absolute Gasteiger partial charge is 0.242 e.